The van der Waals surface area contributed by atoms with E-state index in [9.17, 15) is 9.90 Å². The molecule has 3 rings (SSSR count). The van der Waals surface area contributed by atoms with Crippen molar-refractivity contribution in [2.45, 2.75) is 32.2 Å². The Labute approximate surface area is 101 Å². The Balaban J connectivity index is 1.90. The van der Waals surface area contributed by atoms with Crippen molar-refractivity contribution in [3.8, 4) is 0 Å². The number of aliphatic carboxylic acids is 1. The van der Waals surface area contributed by atoms with Gasteiger partial charge in [0, 0.05) is 18.3 Å². The molecule has 1 aromatic carbocycles. The van der Waals surface area contributed by atoms with Crippen molar-refractivity contribution in [2.24, 2.45) is 5.41 Å². The Hall–Kier alpha value is -1.51. The Morgan fingerprint density at radius 1 is 1.41 bits per heavy atom. The van der Waals surface area contributed by atoms with Crippen molar-refractivity contribution in [3.05, 3.63) is 29.8 Å². The Kier molecular flexibility index (Phi) is 2.18. The number of rotatable bonds is 3. The molecule has 0 radical (unpaired) electrons. The maximum absolute atomic E-state index is 11.4. The van der Waals surface area contributed by atoms with E-state index in [2.05, 4.69) is 30.0 Å². The largest absolute Gasteiger partial charge is 0.481 e. The molecule has 3 heteroatoms. The number of carboxylic acid groups (broad SMARTS) is 1. The zero-order valence-corrected chi connectivity index (χ0v) is 10.0. The third-order valence-electron chi connectivity index (χ3n) is 4.40. The molecule has 0 aromatic heterocycles. The maximum Gasteiger partial charge on any atom is 0.311 e. The molecule has 0 saturated heterocycles. The topological polar surface area (TPSA) is 40.5 Å². The molecule has 17 heavy (non-hydrogen) atoms. The lowest BCUT2D eigenvalue weighted by atomic mass is 9.96. The number of benzene rings is 1. The first-order valence-electron chi connectivity index (χ1n) is 6.23. The molecule has 0 amide bonds. The zero-order valence-electron chi connectivity index (χ0n) is 10.0. The van der Waals surface area contributed by atoms with E-state index in [1.54, 1.807) is 0 Å². The fraction of sp³-hybridized carbons (Fsp3) is 0.500. The average Bonchev–Trinajstić information content (AvgIpc) is 3.03. The molecule has 1 aliphatic heterocycles. The van der Waals surface area contributed by atoms with Gasteiger partial charge in [-0.1, -0.05) is 18.2 Å². The van der Waals surface area contributed by atoms with Gasteiger partial charge in [-0.3, -0.25) is 4.79 Å². The van der Waals surface area contributed by atoms with E-state index < -0.39 is 11.4 Å². The van der Waals surface area contributed by atoms with Crippen molar-refractivity contribution in [1.82, 2.24) is 0 Å². The van der Waals surface area contributed by atoms with Crippen LogP contribution in [0.25, 0.3) is 0 Å². The first-order chi connectivity index (χ1) is 8.15. The molecule has 0 spiro atoms. The normalized spacial score (nSPS) is 22.1. The molecular weight excluding hydrogens is 214 g/mol. The number of hydrogen-bond acceptors (Lipinski definition) is 2. The van der Waals surface area contributed by atoms with Crippen molar-refractivity contribution < 1.29 is 9.90 Å². The smallest absolute Gasteiger partial charge is 0.311 e. The summed E-state index contributed by atoms with van der Waals surface area (Å²) in [6.45, 7) is 3.01. The van der Waals surface area contributed by atoms with Crippen LogP contribution in [-0.4, -0.2) is 23.7 Å². The van der Waals surface area contributed by atoms with Crippen LogP contribution < -0.4 is 4.90 Å². The van der Waals surface area contributed by atoms with Crippen molar-refractivity contribution >= 4 is 11.7 Å². The highest BCUT2D eigenvalue weighted by Gasteiger charge is 2.56. The van der Waals surface area contributed by atoms with Crippen molar-refractivity contribution in [1.29, 1.82) is 0 Å². The Morgan fingerprint density at radius 2 is 2.12 bits per heavy atom. The van der Waals surface area contributed by atoms with Gasteiger partial charge >= 0.3 is 5.97 Å². The third kappa shape index (κ3) is 1.45. The van der Waals surface area contributed by atoms with Crippen LogP contribution >= 0.6 is 0 Å². The van der Waals surface area contributed by atoms with Crippen molar-refractivity contribution in [2.75, 3.05) is 11.4 Å². The minimum Gasteiger partial charge on any atom is -0.481 e. The summed E-state index contributed by atoms with van der Waals surface area (Å²) in [5.41, 5.74) is 2.09. The van der Waals surface area contributed by atoms with Gasteiger partial charge in [0.15, 0.2) is 0 Å². The van der Waals surface area contributed by atoms with Gasteiger partial charge in [0.2, 0.25) is 0 Å². The second-order valence-corrected chi connectivity index (χ2v) is 5.21. The molecule has 1 atom stereocenters. The number of fused-ring (bicyclic) bond motifs is 1. The molecule has 1 heterocycles. The van der Waals surface area contributed by atoms with E-state index in [-0.39, 0.29) is 6.04 Å². The number of hydrogen-bond donors (Lipinski definition) is 1. The van der Waals surface area contributed by atoms with Crippen LogP contribution in [0.5, 0.6) is 0 Å². The first-order valence-corrected chi connectivity index (χ1v) is 6.23. The van der Waals surface area contributed by atoms with Crippen LogP contribution in [0.1, 0.15) is 25.3 Å². The maximum atomic E-state index is 11.4. The predicted octanol–water partition coefficient (Wildman–Crippen LogP) is 2.30. The summed E-state index contributed by atoms with van der Waals surface area (Å²) < 4.78 is 0. The number of carbonyl (C=O) groups is 1. The van der Waals surface area contributed by atoms with E-state index in [1.165, 1.54) is 11.3 Å². The number of anilines is 1. The molecular formula is C14H17NO2. The monoisotopic (exact) mass is 231 g/mol. The summed E-state index contributed by atoms with van der Waals surface area (Å²) in [5, 5.41) is 9.36. The zero-order chi connectivity index (χ0) is 12.0. The standard InChI is InChI=1S/C14H17NO2/c1-10(14(7-8-14)13(16)17)15-9-6-11-4-2-3-5-12(11)15/h2-5,10H,6-9H2,1H3,(H,16,17). The molecule has 1 saturated carbocycles. The minimum absolute atomic E-state index is 0.101. The molecule has 0 bridgehead atoms. The molecule has 1 fully saturated rings. The lowest BCUT2D eigenvalue weighted by molar-refractivity contribution is -0.144. The van der Waals surface area contributed by atoms with Gasteiger partial charge in [0.1, 0.15) is 0 Å². The lowest BCUT2D eigenvalue weighted by Crippen LogP contribution is -2.42. The minimum atomic E-state index is -0.630. The summed E-state index contributed by atoms with van der Waals surface area (Å²) >= 11 is 0. The summed E-state index contributed by atoms with van der Waals surface area (Å²) in [5.74, 6) is -0.630. The van der Waals surface area contributed by atoms with Crippen LogP contribution in [-0.2, 0) is 11.2 Å². The number of para-hydroxylation sites is 1. The van der Waals surface area contributed by atoms with Crippen LogP contribution in [0, 0.1) is 5.41 Å². The summed E-state index contributed by atoms with van der Waals surface area (Å²) in [7, 11) is 0. The van der Waals surface area contributed by atoms with Gasteiger partial charge in [-0.05, 0) is 37.8 Å². The van der Waals surface area contributed by atoms with Crippen molar-refractivity contribution in [3.63, 3.8) is 0 Å². The lowest BCUT2D eigenvalue weighted by Gasteiger charge is -2.31. The number of carboxylic acids is 1. The quantitative estimate of drug-likeness (QED) is 0.867. The number of nitrogens with zero attached hydrogens (tertiary/aromatic N) is 1. The third-order valence-corrected chi connectivity index (χ3v) is 4.40. The Morgan fingerprint density at radius 3 is 2.76 bits per heavy atom. The molecule has 2 aliphatic rings. The second kappa shape index (κ2) is 3.49. The molecule has 1 N–H and O–H groups in total. The van der Waals surface area contributed by atoms with E-state index >= 15 is 0 Å². The van der Waals surface area contributed by atoms with Gasteiger partial charge < -0.3 is 10.0 Å². The van der Waals surface area contributed by atoms with Gasteiger partial charge in [0.25, 0.3) is 0 Å². The summed E-state index contributed by atoms with van der Waals surface area (Å²) in [6.07, 6.45) is 2.68. The highest BCUT2D eigenvalue weighted by molar-refractivity contribution is 5.80. The average molecular weight is 231 g/mol. The molecule has 1 unspecified atom stereocenters. The summed E-state index contributed by atoms with van der Waals surface area (Å²) in [4.78, 5) is 13.6. The summed E-state index contributed by atoms with van der Waals surface area (Å²) in [6, 6.07) is 8.43. The van der Waals surface area contributed by atoms with Crippen LogP contribution in [0.2, 0.25) is 0 Å². The Bertz CT molecular complexity index is 465. The van der Waals surface area contributed by atoms with E-state index in [0.717, 1.165) is 25.8 Å². The molecule has 1 aromatic rings. The van der Waals surface area contributed by atoms with E-state index in [1.807, 2.05) is 6.07 Å². The van der Waals surface area contributed by atoms with E-state index in [4.69, 9.17) is 0 Å². The predicted molar refractivity (Wildman–Crippen MR) is 66.3 cm³/mol. The molecule has 90 valence electrons. The van der Waals surface area contributed by atoms with Crippen LogP contribution in [0.15, 0.2) is 24.3 Å². The molecule has 1 aliphatic carbocycles. The fourth-order valence-electron chi connectivity index (χ4n) is 3.01. The van der Waals surface area contributed by atoms with Gasteiger partial charge in [0.05, 0.1) is 5.41 Å². The SMILES string of the molecule is CC(N1CCc2ccccc21)C1(C(=O)O)CC1. The fourth-order valence-corrected chi connectivity index (χ4v) is 3.01. The van der Waals surface area contributed by atoms with Crippen LogP contribution in [0.3, 0.4) is 0 Å². The van der Waals surface area contributed by atoms with E-state index in [0.29, 0.717) is 0 Å². The molecule has 3 nitrogen and oxygen atoms in total. The van der Waals surface area contributed by atoms with Gasteiger partial charge in [-0.15, -0.1) is 0 Å². The highest BCUT2D eigenvalue weighted by atomic mass is 16.4. The van der Waals surface area contributed by atoms with Gasteiger partial charge in [-0.2, -0.15) is 0 Å². The van der Waals surface area contributed by atoms with Gasteiger partial charge in [-0.25, -0.2) is 0 Å². The highest BCUT2D eigenvalue weighted by Crippen LogP contribution is 2.52. The first kappa shape index (κ1) is 10.6. The van der Waals surface area contributed by atoms with Crippen LogP contribution in [0.4, 0.5) is 5.69 Å². The second-order valence-electron chi connectivity index (χ2n) is 5.21.